The summed E-state index contributed by atoms with van der Waals surface area (Å²) in [5.74, 6) is -0.0442. The SMILES string of the molecule is CCCC(C)(C)C(=O)OCOCC1OC(c2ccc3c(N)ncnn23)C[C@@H]1OC(=O)CC(C)C. The van der Waals surface area contributed by atoms with Gasteiger partial charge in [0.1, 0.15) is 30.2 Å². The van der Waals surface area contributed by atoms with Crippen LogP contribution in [0.3, 0.4) is 0 Å². The van der Waals surface area contributed by atoms with Crippen molar-refractivity contribution in [3.63, 3.8) is 0 Å². The van der Waals surface area contributed by atoms with Gasteiger partial charge in [-0.3, -0.25) is 9.59 Å². The fourth-order valence-corrected chi connectivity index (χ4v) is 4.13. The Morgan fingerprint density at radius 2 is 2.09 bits per heavy atom. The average molecular weight is 477 g/mol. The fraction of sp³-hybridized carbons (Fsp3) is 0.667. The molecule has 3 rings (SSSR count). The minimum atomic E-state index is -0.568. The Morgan fingerprint density at radius 3 is 2.79 bits per heavy atom. The zero-order valence-corrected chi connectivity index (χ0v) is 20.7. The van der Waals surface area contributed by atoms with Crippen LogP contribution in [0.15, 0.2) is 18.5 Å². The van der Waals surface area contributed by atoms with E-state index in [1.165, 1.54) is 6.33 Å². The number of anilines is 1. The molecule has 10 nitrogen and oxygen atoms in total. The molecule has 10 heteroatoms. The molecule has 0 aliphatic carbocycles. The zero-order chi connectivity index (χ0) is 24.9. The number of hydrogen-bond donors (Lipinski definition) is 1. The smallest absolute Gasteiger partial charge is 0.313 e. The summed E-state index contributed by atoms with van der Waals surface area (Å²) in [4.78, 5) is 28.7. The van der Waals surface area contributed by atoms with E-state index < -0.39 is 17.6 Å². The van der Waals surface area contributed by atoms with Crippen molar-refractivity contribution in [1.82, 2.24) is 14.6 Å². The first-order valence-electron chi connectivity index (χ1n) is 11.8. The van der Waals surface area contributed by atoms with Crippen molar-refractivity contribution in [3.8, 4) is 0 Å². The first kappa shape index (κ1) is 25.9. The monoisotopic (exact) mass is 476 g/mol. The van der Waals surface area contributed by atoms with Gasteiger partial charge in [-0.05, 0) is 38.3 Å². The van der Waals surface area contributed by atoms with Crippen molar-refractivity contribution in [1.29, 1.82) is 0 Å². The molecule has 1 aliphatic rings. The number of nitrogens with two attached hydrogens (primary N) is 1. The number of nitrogens with zero attached hydrogens (tertiary/aromatic N) is 3. The summed E-state index contributed by atoms with van der Waals surface area (Å²) in [7, 11) is 0. The molecule has 3 heterocycles. The van der Waals surface area contributed by atoms with Crippen LogP contribution in [0.1, 0.15) is 72.1 Å². The van der Waals surface area contributed by atoms with Crippen LogP contribution < -0.4 is 5.73 Å². The number of carbonyl (C=O) groups is 2. The van der Waals surface area contributed by atoms with Gasteiger partial charge in [-0.25, -0.2) is 9.50 Å². The predicted molar refractivity (Wildman–Crippen MR) is 125 cm³/mol. The third kappa shape index (κ3) is 6.24. The molecule has 2 aromatic heterocycles. The molecule has 0 saturated carbocycles. The van der Waals surface area contributed by atoms with E-state index in [4.69, 9.17) is 24.7 Å². The van der Waals surface area contributed by atoms with Crippen molar-refractivity contribution in [2.75, 3.05) is 19.1 Å². The molecule has 1 saturated heterocycles. The maximum atomic E-state index is 12.4. The average Bonchev–Trinajstić information content (AvgIpc) is 3.35. The summed E-state index contributed by atoms with van der Waals surface area (Å²) in [5.41, 5.74) is 6.84. The van der Waals surface area contributed by atoms with Gasteiger partial charge >= 0.3 is 11.9 Å². The standard InChI is InChI=1S/C24H36N4O6/c1-6-9-24(4,5)23(30)32-14-31-12-20-19(34-21(29)10-15(2)3)11-18(33-20)16-7-8-17-22(25)26-13-27-28(16)17/h7-8,13,15,18-20H,6,9-12,14H2,1-5H3,(H2,25,26,27)/t18?,19-,20?/m0/s1. The van der Waals surface area contributed by atoms with Gasteiger partial charge in [-0.2, -0.15) is 5.10 Å². The van der Waals surface area contributed by atoms with Crippen LogP contribution in [-0.4, -0.2) is 52.1 Å². The molecule has 2 aromatic rings. The molecule has 0 amide bonds. The maximum Gasteiger partial charge on any atom is 0.313 e. The van der Waals surface area contributed by atoms with Crippen LogP contribution in [0.5, 0.6) is 0 Å². The normalized spacial score (nSPS) is 20.7. The van der Waals surface area contributed by atoms with E-state index in [1.807, 2.05) is 46.8 Å². The predicted octanol–water partition coefficient (Wildman–Crippen LogP) is 3.44. The molecule has 188 valence electrons. The lowest BCUT2D eigenvalue weighted by molar-refractivity contribution is -0.172. The van der Waals surface area contributed by atoms with Crippen LogP contribution in [0.25, 0.3) is 5.52 Å². The van der Waals surface area contributed by atoms with Crippen molar-refractivity contribution >= 4 is 23.3 Å². The summed E-state index contributed by atoms with van der Waals surface area (Å²) in [6, 6.07) is 3.70. The van der Waals surface area contributed by atoms with Gasteiger partial charge in [0.2, 0.25) is 0 Å². The van der Waals surface area contributed by atoms with Gasteiger partial charge in [-0.1, -0.05) is 27.2 Å². The zero-order valence-electron chi connectivity index (χ0n) is 20.7. The third-order valence-corrected chi connectivity index (χ3v) is 5.88. The third-order valence-electron chi connectivity index (χ3n) is 5.88. The van der Waals surface area contributed by atoms with E-state index in [0.717, 1.165) is 18.5 Å². The second kappa shape index (κ2) is 11.1. The van der Waals surface area contributed by atoms with E-state index in [-0.39, 0.29) is 37.4 Å². The number of nitrogen functional groups attached to an aromatic ring is 1. The molecule has 2 unspecified atom stereocenters. The summed E-state index contributed by atoms with van der Waals surface area (Å²) in [5, 5.41) is 4.28. The lowest BCUT2D eigenvalue weighted by atomic mass is 9.88. The summed E-state index contributed by atoms with van der Waals surface area (Å²) >= 11 is 0. The Kier molecular flexibility index (Phi) is 8.48. The second-order valence-corrected chi connectivity index (χ2v) is 9.78. The molecule has 34 heavy (non-hydrogen) atoms. The summed E-state index contributed by atoms with van der Waals surface area (Å²) in [6.07, 6.45) is 2.35. The van der Waals surface area contributed by atoms with Crippen LogP contribution in [-0.2, 0) is 28.5 Å². The highest BCUT2D eigenvalue weighted by Gasteiger charge is 2.40. The van der Waals surface area contributed by atoms with Gasteiger partial charge in [0.25, 0.3) is 0 Å². The van der Waals surface area contributed by atoms with Gasteiger partial charge in [0, 0.05) is 12.8 Å². The molecule has 3 atom stereocenters. The topological polar surface area (TPSA) is 127 Å². The number of esters is 2. The van der Waals surface area contributed by atoms with Crippen LogP contribution in [0.2, 0.25) is 0 Å². The highest BCUT2D eigenvalue weighted by molar-refractivity contribution is 5.75. The fourth-order valence-electron chi connectivity index (χ4n) is 4.13. The Labute approximate surface area is 200 Å². The highest BCUT2D eigenvalue weighted by Crippen LogP contribution is 2.36. The largest absolute Gasteiger partial charge is 0.459 e. The van der Waals surface area contributed by atoms with Crippen LogP contribution >= 0.6 is 0 Å². The van der Waals surface area contributed by atoms with Crippen LogP contribution in [0.4, 0.5) is 5.82 Å². The Hall–Kier alpha value is -2.72. The molecule has 0 bridgehead atoms. The second-order valence-electron chi connectivity index (χ2n) is 9.78. The number of ether oxygens (including phenoxy) is 4. The van der Waals surface area contributed by atoms with Gasteiger partial charge < -0.3 is 24.7 Å². The molecular formula is C24H36N4O6. The molecule has 1 aliphatic heterocycles. The number of hydrogen-bond acceptors (Lipinski definition) is 9. The lowest BCUT2D eigenvalue weighted by Gasteiger charge is -2.22. The van der Waals surface area contributed by atoms with Crippen LogP contribution in [0, 0.1) is 11.3 Å². The first-order chi connectivity index (χ1) is 16.1. The summed E-state index contributed by atoms with van der Waals surface area (Å²) < 4.78 is 24.6. The van der Waals surface area contributed by atoms with Crippen molar-refractivity contribution in [2.24, 2.45) is 11.3 Å². The number of fused-ring (bicyclic) bond motifs is 1. The maximum absolute atomic E-state index is 12.4. The Balaban J connectivity index is 1.65. The molecular weight excluding hydrogens is 440 g/mol. The van der Waals surface area contributed by atoms with Gasteiger partial charge in [-0.15, -0.1) is 0 Å². The van der Waals surface area contributed by atoms with E-state index in [9.17, 15) is 9.59 Å². The number of rotatable bonds is 11. The number of carbonyl (C=O) groups excluding carboxylic acids is 2. The van der Waals surface area contributed by atoms with Crippen molar-refractivity contribution in [3.05, 3.63) is 24.2 Å². The molecule has 2 N–H and O–H groups in total. The van der Waals surface area contributed by atoms with E-state index in [2.05, 4.69) is 10.1 Å². The molecule has 1 fully saturated rings. The molecule has 0 aromatic carbocycles. The lowest BCUT2D eigenvalue weighted by Crippen LogP contribution is -2.32. The summed E-state index contributed by atoms with van der Waals surface area (Å²) in [6.45, 7) is 9.56. The number of aromatic nitrogens is 3. The quantitative estimate of drug-likeness (QED) is 0.295. The minimum Gasteiger partial charge on any atom is -0.459 e. The van der Waals surface area contributed by atoms with E-state index in [0.29, 0.717) is 24.2 Å². The van der Waals surface area contributed by atoms with Crippen molar-refractivity contribution < 1.29 is 28.5 Å². The van der Waals surface area contributed by atoms with Gasteiger partial charge in [0.15, 0.2) is 12.6 Å². The van der Waals surface area contributed by atoms with Gasteiger partial charge in [0.05, 0.1) is 17.7 Å². The molecule has 0 radical (unpaired) electrons. The van der Waals surface area contributed by atoms with Crippen molar-refractivity contribution in [2.45, 2.75) is 78.6 Å². The molecule has 0 spiro atoms. The Bertz CT molecular complexity index is 989. The minimum absolute atomic E-state index is 0.109. The van der Waals surface area contributed by atoms with E-state index >= 15 is 0 Å². The first-order valence-corrected chi connectivity index (χ1v) is 11.8. The van der Waals surface area contributed by atoms with E-state index in [1.54, 1.807) is 4.52 Å². The highest BCUT2D eigenvalue weighted by atomic mass is 16.7. The Morgan fingerprint density at radius 1 is 1.32 bits per heavy atom.